The second-order valence-corrected chi connectivity index (χ2v) is 8.79. The molecule has 0 bridgehead atoms. The van der Waals surface area contributed by atoms with Crippen LogP contribution in [-0.2, 0) is 19.1 Å². The second kappa shape index (κ2) is 8.84. The fourth-order valence-corrected chi connectivity index (χ4v) is 5.38. The van der Waals surface area contributed by atoms with E-state index in [4.69, 9.17) is 28.4 Å². The summed E-state index contributed by atoms with van der Waals surface area (Å²) >= 11 is 0. The summed E-state index contributed by atoms with van der Waals surface area (Å²) in [5, 5.41) is 13.8. The van der Waals surface area contributed by atoms with E-state index in [-0.39, 0.29) is 48.6 Å². The molecular weight excluding hydrogens is 458 g/mol. The number of cyclic esters (lactones) is 1. The van der Waals surface area contributed by atoms with Gasteiger partial charge in [-0.1, -0.05) is 0 Å². The van der Waals surface area contributed by atoms with Gasteiger partial charge in [-0.3, -0.25) is 14.9 Å². The van der Waals surface area contributed by atoms with Gasteiger partial charge in [0, 0.05) is 17.9 Å². The minimum absolute atomic E-state index is 0.0926. The summed E-state index contributed by atoms with van der Waals surface area (Å²) in [6.45, 7) is 1.99. The van der Waals surface area contributed by atoms with Gasteiger partial charge in [-0.25, -0.2) is 0 Å². The van der Waals surface area contributed by atoms with Crippen LogP contribution in [0.2, 0.25) is 0 Å². The predicted octanol–water partition coefficient (Wildman–Crippen LogP) is 2.26. The minimum Gasteiger partial charge on any atom is -0.502 e. The van der Waals surface area contributed by atoms with Gasteiger partial charge in [0.05, 0.1) is 33.9 Å². The van der Waals surface area contributed by atoms with E-state index >= 15 is 0 Å². The lowest BCUT2D eigenvalue weighted by atomic mass is 9.65. The molecule has 35 heavy (non-hydrogen) atoms. The van der Waals surface area contributed by atoms with Crippen LogP contribution in [0.4, 0.5) is 0 Å². The maximum absolute atomic E-state index is 13.1. The Hall–Kier alpha value is -3.66. The Morgan fingerprint density at radius 1 is 1.03 bits per heavy atom. The zero-order chi connectivity index (χ0) is 24.9. The van der Waals surface area contributed by atoms with Crippen LogP contribution >= 0.6 is 0 Å². The molecule has 5 atom stereocenters. The van der Waals surface area contributed by atoms with E-state index in [1.165, 1.54) is 21.3 Å². The lowest BCUT2D eigenvalue weighted by molar-refractivity contribution is -0.143. The Bertz CT molecular complexity index is 1150. The summed E-state index contributed by atoms with van der Waals surface area (Å²) in [5.41, 5.74) is 2.39. The first kappa shape index (κ1) is 23.1. The molecule has 2 heterocycles. The number of carbonyl (C=O) groups is 2. The van der Waals surface area contributed by atoms with E-state index in [1.807, 2.05) is 12.1 Å². The van der Waals surface area contributed by atoms with Crippen LogP contribution in [0.5, 0.6) is 28.7 Å². The lowest BCUT2D eigenvalue weighted by Gasteiger charge is -2.40. The van der Waals surface area contributed by atoms with Crippen LogP contribution in [0.1, 0.15) is 35.6 Å². The number of methoxy groups -OCH3 is 3. The Labute approximate surface area is 202 Å². The predicted molar refractivity (Wildman–Crippen MR) is 121 cm³/mol. The molecule has 0 saturated carbocycles. The molecular formula is C25H27NO9. The van der Waals surface area contributed by atoms with Gasteiger partial charge in [0.2, 0.25) is 12.5 Å². The molecule has 0 amide bonds. The van der Waals surface area contributed by atoms with Gasteiger partial charge in [0.1, 0.15) is 6.04 Å². The maximum Gasteiger partial charge on any atom is 0.322 e. The highest BCUT2D eigenvalue weighted by Gasteiger charge is 2.53. The molecule has 2 N–H and O–H groups in total. The number of rotatable bonds is 6. The highest BCUT2D eigenvalue weighted by molar-refractivity contribution is 5.79. The highest BCUT2D eigenvalue weighted by Crippen LogP contribution is 2.55. The number of hydrogen-bond donors (Lipinski definition) is 2. The Morgan fingerprint density at radius 2 is 1.66 bits per heavy atom. The minimum atomic E-state index is -0.620. The van der Waals surface area contributed by atoms with Gasteiger partial charge in [-0.2, -0.15) is 0 Å². The van der Waals surface area contributed by atoms with Gasteiger partial charge < -0.3 is 33.5 Å². The van der Waals surface area contributed by atoms with E-state index < -0.39 is 23.8 Å². The van der Waals surface area contributed by atoms with Crippen molar-refractivity contribution < 1.29 is 43.1 Å². The third-order valence-electron chi connectivity index (χ3n) is 7.03. The van der Waals surface area contributed by atoms with Crippen molar-refractivity contribution in [2.24, 2.45) is 11.8 Å². The number of benzene rings is 2. The smallest absolute Gasteiger partial charge is 0.322 e. The SMILES string of the molecule is COC(=O)C(C)N[C@@H]1c2cc3c(cc2[C@@H](c2cc(OC)c(O)c(OC)c2)[C@H]2C(=O)OC[C@@H]21)OCO3. The highest BCUT2D eigenvalue weighted by atomic mass is 16.7. The number of aromatic hydroxyl groups is 1. The van der Waals surface area contributed by atoms with E-state index in [0.29, 0.717) is 17.1 Å². The maximum atomic E-state index is 13.1. The van der Waals surface area contributed by atoms with Gasteiger partial charge in [0.25, 0.3) is 0 Å². The number of fused-ring (bicyclic) bond motifs is 3. The molecule has 1 saturated heterocycles. The van der Waals surface area contributed by atoms with Crippen molar-refractivity contribution in [3.05, 3.63) is 41.0 Å². The summed E-state index contributed by atoms with van der Waals surface area (Å²) in [7, 11) is 4.23. The molecule has 0 spiro atoms. The van der Waals surface area contributed by atoms with E-state index in [1.54, 1.807) is 19.1 Å². The van der Waals surface area contributed by atoms with Crippen LogP contribution in [0, 0.1) is 11.8 Å². The Kier molecular flexibility index (Phi) is 5.84. The van der Waals surface area contributed by atoms with Crippen LogP contribution in [0.15, 0.2) is 24.3 Å². The zero-order valence-electron chi connectivity index (χ0n) is 19.8. The average Bonchev–Trinajstić information content (AvgIpc) is 3.48. The topological polar surface area (TPSA) is 122 Å². The van der Waals surface area contributed by atoms with E-state index in [2.05, 4.69) is 5.32 Å². The molecule has 186 valence electrons. The fraction of sp³-hybridized carbons (Fsp3) is 0.440. The van der Waals surface area contributed by atoms with Crippen LogP contribution in [0.3, 0.4) is 0 Å². The third-order valence-corrected chi connectivity index (χ3v) is 7.03. The van der Waals surface area contributed by atoms with Crippen LogP contribution in [-0.4, -0.2) is 57.8 Å². The summed E-state index contributed by atoms with van der Waals surface area (Å²) in [5.74, 6) is -0.570. The molecule has 10 heteroatoms. The molecule has 2 aromatic rings. The molecule has 1 fully saturated rings. The van der Waals surface area contributed by atoms with Crippen molar-refractivity contribution in [1.82, 2.24) is 5.32 Å². The third kappa shape index (κ3) is 3.68. The van der Waals surface area contributed by atoms with Crippen molar-refractivity contribution in [3.63, 3.8) is 0 Å². The van der Waals surface area contributed by atoms with Crippen molar-refractivity contribution in [2.75, 3.05) is 34.7 Å². The van der Waals surface area contributed by atoms with Gasteiger partial charge >= 0.3 is 11.9 Å². The molecule has 10 nitrogen and oxygen atoms in total. The quantitative estimate of drug-likeness (QED) is 0.589. The van der Waals surface area contributed by atoms with Crippen molar-refractivity contribution >= 4 is 11.9 Å². The van der Waals surface area contributed by atoms with Gasteiger partial charge in [-0.15, -0.1) is 0 Å². The van der Waals surface area contributed by atoms with Crippen molar-refractivity contribution in [1.29, 1.82) is 0 Å². The first-order valence-electron chi connectivity index (χ1n) is 11.3. The van der Waals surface area contributed by atoms with Crippen molar-refractivity contribution in [2.45, 2.75) is 24.9 Å². The molecule has 0 aromatic heterocycles. The zero-order valence-corrected chi connectivity index (χ0v) is 19.8. The summed E-state index contributed by atoms with van der Waals surface area (Å²) < 4.78 is 32.5. The number of hydrogen-bond acceptors (Lipinski definition) is 10. The normalized spacial score (nSPS) is 24.7. The monoisotopic (exact) mass is 485 g/mol. The molecule has 2 aromatic carbocycles. The number of phenols is 1. The molecule has 1 aliphatic carbocycles. The summed E-state index contributed by atoms with van der Waals surface area (Å²) in [4.78, 5) is 25.3. The summed E-state index contributed by atoms with van der Waals surface area (Å²) in [6, 6.07) is 6.15. The summed E-state index contributed by atoms with van der Waals surface area (Å²) in [6.07, 6.45) is 0. The number of nitrogens with one attached hydrogen (secondary N) is 1. The lowest BCUT2D eigenvalue weighted by Crippen LogP contribution is -2.46. The van der Waals surface area contributed by atoms with Gasteiger partial charge in [0.15, 0.2) is 23.0 Å². The van der Waals surface area contributed by atoms with E-state index in [9.17, 15) is 14.7 Å². The fourth-order valence-electron chi connectivity index (χ4n) is 5.38. The number of ether oxygens (including phenoxy) is 6. The molecule has 2 aliphatic heterocycles. The standard InChI is InChI=1S/C25H27NO9/c1-11(24(28)32-4)26-22-14-8-17-16(34-10-35-17)7-13(14)20(21-15(22)9-33-25(21)29)12-5-18(30-2)23(27)19(6-12)31-3/h5-8,11,15,20-22,26-27H,9-10H2,1-4H3/t11?,15-,20+,21-,22+/m0/s1. The molecule has 3 aliphatic rings. The Morgan fingerprint density at radius 3 is 2.26 bits per heavy atom. The first-order valence-corrected chi connectivity index (χ1v) is 11.3. The second-order valence-electron chi connectivity index (χ2n) is 8.79. The van der Waals surface area contributed by atoms with E-state index in [0.717, 1.165) is 11.1 Å². The average molecular weight is 485 g/mol. The first-order chi connectivity index (χ1) is 16.9. The van der Waals surface area contributed by atoms with Crippen molar-refractivity contribution in [3.8, 4) is 28.7 Å². The number of carbonyl (C=O) groups excluding carboxylic acids is 2. The Balaban J connectivity index is 1.71. The van der Waals surface area contributed by atoms with Gasteiger partial charge in [-0.05, 0) is 47.9 Å². The van der Waals surface area contributed by atoms with Crippen LogP contribution in [0.25, 0.3) is 0 Å². The number of esters is 2. The molecule has 1 unspecified atom stereocenters. The molecule has 5 rings (SSSR count). The van der Waals surface area contributed by atoms with Crippen LogP contribution < -0.4 is 24.3 Å². The molecule has 0 radical (unpaired) electrons. The number of phenolic OH excluding ortho intramolecular Hbond substituents is 1. The largest absolute Gasteiger partial charge is 0.502 e.